The maximum atomic E-state index is 12.7. The van der Waals surface area contributed by atoms with E-state index in [1.165, 1.54) is 11.1 Å². The fraction of sp³-hybridized carbons (Fsp3) is 0.583. The minimum Gasteiger partial charge on any atom is -0.464 e. The van der Waals surface area contributed by atoms with Gasteiger partial charge >= 0.3 is 6.09 Å². The Morgan fingerprint density at radius 2 is 1.90 bits per heavy atom. The van der Waals surface area contributed by atoms with Gasteiger partial charge in [-0.1, -0.05) is 13.8 Å². The molecule has 0 saturated carbocycles. The number of nitrogens with zero attached hydrogens (tertiary/aromatic N) is 1. The third kappa shape index (κ3) is 5.35. The van der Waals surface area contributed by atoms with Crippen LogP contribution in [-0.4, -0.2) is 41.6 Å². The fourth-order valence-electron chi connectivity index (χ4n) is 3.99. The number of piperidine rings is 1. The summed E-state index contributed by atoms with van der Waals surface area (Å²) in [6.45, 7) is 13.2. The number of rotatable bonds is 4. The molecule has 1 aromatic carbocycles. The van der Waals surface area contributed by atoms with Crippen molar-refractivity contribution in [3.8, 4) is 0 Å². The van der Waals surface area contributed by atoms with Gasteiger partial charge in [0.1, 0.15) is 11.2 Å². The average molecular weight is 415 g/mol. The Bertz CT molecular complexity index is 915. The van der Waals surface area contributed by atoms with E-state index in [2.05, 4.69) is 38.2 Å². The number of ether oxygens (including phenoxy) is 1. The van der Waals surface area contributed by atoms with Crippen LogP contribution in [0.1, 0.15) is 70.1 Å². The van der Waals surface area contributed by atoms with Gasteiger partial charge in [0.2, 0.25) is 5.91 Å². The van der Waals surface area contributed by atoms with Crippen molar-refractivity contribution < 1.29 is 18.7 Å². The van der Waals surface area contributed by atoms with Gasteiger partial charge in [0.15, 0.2) is 0 Å². The van der Waals surface area contributed by atoms with Gasteiger partial charge in [-0.2, -0.15) is 0 Å². The first kappa shape index (κ1) is 22.2. The predicted molar refractivity (Wildman–Crippen MR) is 118 cm³/mol. The molecule has 6 heteroatoms. The minimum atomic E-state index is -0.497. The number of hydrogen-bond donors (Lipinski definition) is 1. The molecule has 1 N–H and O–H groups in total. The second-order valence-corrected chi connectivity index (χ2v) is 9.61. The molecule has 1 saturated heterocycles. The quantitative estimate of drug-likeness (QED) is 0.771. The van der Waals surface area contributed by atoms with Gasteiger partial charge < -0.3 is 19.4 Å². The third-order valence-electron chi connectivity index (χ3n) is 5.53. The number of aryl methyl sites for hydroxylation is 1. The van der Waals surface area contributed by atoms with Gasteiger partial charge in [-0.25, -0.2) is 4.79 Å². The lowest BCUT2D eigenvalue weighted by Gasteiger charge is -2.33. The van der Waals surface area contributed by atoms with Crippen LogP contribution in [0.2, 0.25) is 0 Å². The molecule has 0 atom stereocenters. The van der Waals surface area contributed by atoms with Crippen LogP contribution in [0.3, 0.4) is 0 Å². The van der Waals surface area contributed by atoms with Crippen molar-refractivity contribution >= 4 is 23.0 Å². The lowest BCUT2D eigenvalue weighted by atomic mass is 9.95. The molecule has 0 unspecified atom stereocenters. The Balaban J connectivity index is 1.57. The van der Waals surface area contributed by atoms with E-state index in [-0.39, 0.29) is 18.0 Å². The highest BCUT2D eigenvalue weighted by Gasteiger charge is 2.27. The molecule has 2 amide bonds. The summed E-state index contributed by atoms with van der Waals surface area (Å²) < 4.78 is 11.1. The van der Waals surface area contributed by atoms with Crippen LogP contribution < -0.4 is 5.32 Å². The van der Waals surface area contributed by atoms with Crippen molar-refractivity contribution in [3.05, 3.63) is 35.1 Å². The van der Waals surface area contributed by atoms with Gasteiger partial charge in [0.05, 0.1) is 12.7 Å². The van der Waals surface area contributed by atoms with Gasteiger partial charge in [-0.15, -0.1) is 0 Å². The number of fused-ring (bicyclic) bond motifs is 1. The first-order chi connectivity index (χ1) is 14.0. The summed E-state index contributed by atoms with van der Waals surface area (Å²) >= 11 is 0. The van der Waals surface area contributed by atoms with E-state index in [4.69, 9.17) is 9.15 Å². The monoisotopic (exact) mass is 414 g/mol. The van der Waals surface area contributed by atoms with E-state index in [1.807, 2.05) is 20.8 Å². The largest absolute Gasteiger partial charge is 0.464 e. The highest BCUT2D eigenvalue weighted by molar-refractivity contribution is 5.88. The molecule has 1 aromatic heterocycles. The zero-order chi connectivity index (χ0) is 22.1. The van der Waals surface area contributed by atoms with Crippen LogP contribution in [0.4, 0.5) is 4.79 Å². The molecular formula is C24H34N2O4. The lowest BCUT2D eigenvalue weighted by molar-refractivity contribution is -0.121. The molecule has 3 rings (SSSR count). The maximum absolute atomic E-state index is 12.7. The second-order valence-electron chi connectivity index (χ2n) is 9.61. The van der Waals surface area contributed by atoms with E-state index in [0.717, 1.165) is 29.4 Å². The third-order valence-corrected chi connectivity index (χ3v) is 5.53. The summed E-state index contributed by atoms with van der Waals surface area (Å²) in [6.07, 6.45) is 3.16. The zero-order valence-corrected chi connectivity index (χ0v) is 19.0. The van der Waals surface area contributed by atoms with Crippen LogP contribution in [0.25, 0.3) is 11.0 Å². The van der Waals surface area contributed by atoms with Crippen molar-refractivity contribution in [2.75, 3.05) is 13.1 Å². The molecule has 164 valence electrons. The number of hydrogen-bond acceptors (Lipinski definition) is 4. The summed E-state index contributed by atoms with van der Waals surface area (Å²) in [5, 5.41) is 4.13. The maximum Gasteiger partial charge on any atom is 0.410 e. The Hall–Kier alpha value is -2.50. The number of benzene rings is 1. The summed E-state index contributed by atoms with van der Waals surface area (Å²) in [7, 11) is 0. The molecule has 1 fully saturated rings. The number of carbonyl (C=O) groups is 2. The SMILES string of the molecule is Cc1cc2occ(CC(=O)NC3CCN(C(=O)OC(C)(C)C)CC3)c2cc1C(C)C. The molecule has 0 bridgehead atoms. The van der Waals surface area contributed by atoms with Crippen LogP contribution in [0, 0.1) is 6.92 Å². The van der Waals surface area contributed by atoms with Crippen molar-refractivity contribution in [3.63, 3.8) is 0 Å². The van der Waals surface area contributed by atoms with Gasteiger partial charge in [0.25, 0.3) is 0 Å². The highest BCUT2D eigenvalue weighted by atomic mass is 16.6. The van der Waals surface area contributed by atoms with E-state index in [9.17, 15) is 9.59 Å². The smallest absolute Gasteiger partial charge is 0.410 e. The molecule has 2 aromatic rings. The average Bonchev–Trinajstić information content (AvgIpc) is 3.01. The summed E-state index contributed by atoms with van der Waals surface area (Å²) in [6, 6.07) is 4.28. The Kier molecular flexibility index (Phi) is 6.44. The molecular weight excluding hydrogens is 380 g/mol. The van der Waals surface area contributed by atoms with Crippen molar-refractivity contribution in [2.24, 2.45) is 0 Å². The molecule has 0 aliphatic carbocycles. The Labute approximate surface area is 178 Å². The summed E-state index contributed by atoms with van der Waals surface area (Å²) in [4.78, 5) is 26.6. The Morgan fingerprint density at radius 3 is 2.50 bits per heavy atom. The van der Waals surface area contributed by atoms with E-state index in [1.54, 1.807) is 11.2 Å². The van der Waals surface area contributed by atoms with Crippen molar-refractivity contribution in [1.82, 2.24) is 10.2 Å². The molecule has 30 heavy (non-hydrogen) atoms. The Morgan fingerprint density at radius 1 is 1.23 bits per heavy atom. The second kappa shape index (κ2) is 8.70. The topological polar surface area (TPSA) is 71.8 Å². The molecule has 1 aliphatic rings. The normalized spacial score (nSPS) is 15.6. The van der Waals surface area contributed by atoms with Crippen LogP contribution in [-0.2, 0) is 16.0 Å². The van der Waals surface area contributed by atoms with Crippen LogP contribution >= 0.6 is 0 Å². The minimum absolute atomic E-state index is 0.0138. The number of carbonyl (C=O) groups excluding carboxylic acids is 2. The van der Waals surface area contributed by atoms with Gasteiger partial charge in [0, 0.05) is 30.1 Å². The molecule has 0 spiro atoms. The highest BCUT2D eigenvalue weighted by Crippen LogP contribution is 2.29. The number of likely N-dealkylation sites (tertiary alicyclic amines) is 1. The summed E-state index contributed by atoms with van der Waals surface area (Å²) in [5.41, 5.74) is 3.73. The molecule has 2 heterocycles. The predicted octanol–water partition coefficient (Wildman–Crippen LogP) is 4.92. The first-order valence-electron chi connectivity index (χ1n) is 10.8. The summed E-state index contributed by atoms with van der Waals surface area (Å²) in [5.74, 6) is 0.404. The van der Waals surface area contributed by atoms with Crippen molar-refractivity contribution in [2.45, 2.75) is 78.4 Å². The molecule has 1 aliphatic heterocycles. The van der Waals surface area contributed by atoms with E-state index < -0.39 is 5.60 Å². The van der Waals surface area contributed by atoms with Crippen LogP contribution in [0.15, 0.2) is 22.8 Å². The van der Waals surface area contributed by atoms with E-state index >= 15 is 0 Å². The molecule has 0 radical (unpaired) electrons. The number of nitrogens with one attached hydrogen (secondary N) is 1. The van der Waals surface area contributed by atoms with Crippen LogP contribution in [0.5, 0.6) is 0 Å². The van der Waals surface area contributed by atoms with Gasteiger partial charge in [-0.3, -0.25) is 4.79 Å². The number of amides is 2. The standard InChI is InChI=1S/C24H34N2O4/c1-15(2)19-13-20-17(14-29-21(20)11-16(19)3)12-22(27)25-18-7-9-26(10-8-18)23(28)30-24(4,5)6/h11,13-15,18H,7-10,12H2,1-6H3,(H,25,27). The fourth-order valence-corrected chi connectivity index (χ4v) is 3.99. The van der Waals surface area contributed by atoms with E-state index in [0.29, 0.717) is 25.4 Å². The zero-order valence-electron chi connectivity index (χ0n) is 19.0. The first-order valence-corrected chi connectivity index (χ1v) is 10.8. The lowest BCUT2D eigenvalue weighted by Crippen LogP contribution is -2.48. The molecule has 6 nitrogen and oxygen atoms in total. The van der Waals surface area contributed by atoms with Crippen molar-refractivity contribution in [1.29, 1.82) is 0 Å². The van der Waals surface area contributed by atoms with Gasteiger partial charge in [-0.05, 0) is 69.7 Å². The number of furan rings is 1.